The highest BCUT2D eigenvalue weighted by molar-refractivity contribution is 6.39. The molecule has 0 atom stereocenters. The summed E-state index contributed by atoms with van der Waals surface area (Å²) in [6.45, 7) is 2.20. The zero-order valence-corrected chi connectivity index (χ0v) is 18.4. The van der Waals surface area contributed by atoms with Crippen LogP contribution in [0, 0.1) is 5.82 Å². The van der Waals surface area contributed by atoms with E-state index in [0.29, 0.717) is 56.6 Å². The van der Waals surface area contributed by atoms with Crippen LogP contribution in [-0.2, 0) is 0 Å². The fourth-order valence-corrected chi connectivity index (χ4v) is 4.54. The first-order valence-electron chi connectivity index (χ1n) is 9.70. The number of amides is 2. The summed E-state index contributed by atoms with van der Waals surface area (Å²) < 4.78 is 20.5. The van der Waals surface area contributed by atoms with E-state index in [-0.39, 0.29) is 11.5 Å². The van der Waals surface area contributed by atoms with Crippen LogP contribution >= 0.6 is 23.2 Å². The Balaban J connectivity index is 2.00. The summed E-state index contributed by atoms with van der Waals surface area (Å²) in [5.74, 6) is -1.00. The minimum Gasteiger partial charge on any atom is -0.495 e. The van der Waals surface area contributed by atoms with E-state index in [1.807, 2.05) is 6.92 Å². The molecule has 31 heavy (non-hydrogen) atoms. The van der Waals surface area contributed by atoms with E-state index in [0.717, 1.165) is 0 Å². The SMILES string of the molecule is CCCN1C(=O)c2cccc(-c3cc(F)cc(-c4c(Cl)cccc4Cl)c3OC)c2C1=O. The minimum absolute atomic E-state index is 0.237. The third kappa shape index (κ3) is 3.48. The molecule has 158 valence electrons. The molecule has 0 radical (unpaired) electrons. The molecule has 1 aliphatic rings. The largest absolute Gasteiger partial charge is 0.495 e. The van der Waals surface area contributed by atoms with Gasteiger partial charge in [-0.2, -0.15) is 0 Å². The number of hydrogen-bond donors (Lipinski definition) is 0. The quantitative estimate of drug-likeness (QED) is 0.411. The molecular weight excluding hydrogens is 440 g/mol. The molecule has 1 aliphatic heterocycles. The Morgan fingerprint density at radius 2 is 1.48 bits per heavy atom. The van der Waals surface area contributed by atoms with Crippen molar-refractivity contribution in [3.8, 4) is 28.0 Å². The van der Waals surface area contributed by atoms with Gasteiger partial charge < -0.3 is 4.74 Å². The first-order valence-corrected chi connectivity index (χ1v) is 10.5. The number of carbonyl (C=O) groups excluding carboxylic acids is 2. The van der Waals surface area contributed by atoms with Crippen molar-refractivity contribution in [1.82, 2.24) is 4.90 Å². The van der Waals surface area contributed by atoms with Crippen LogP contribution < -0.4 is 4.74 Å². The molecule has 0 unspecified atom stereocenters. The highest BCUT2D eigenvalue weighted by Crippen LogP contribution is 2.46. The van der Waals surface area contributed by atoms with Gasteiger partial charge in [0.25, 0.3) is 11.8 Å². The fraction of sp³-hybridized carbons (Fsp3) is 0.167. The molecule has 2 amide bonds. The molecule has 7 heteroatoms. The monoisotopic (exact) mass is 457 g/mol. The van der Waals surface area contributed by atoms with Crippen LogP contribution in [-0.4, -0.2) is 30.4 Å². The van der Waals surface area contributed by atoms with Gasteiger partial charge in [-0.15, -0.1) is 0 Å². The number of rotatable bonds is 5. The first-order chi connectivity index (χ1) is 14.9. The zero-order chi connectivity index (χ0) is 22.3. The maximum Gasteiger partial charge on any atom is 0.262 e. The fourth-order valence-electron chi connectivity index (χ4n) is 3.94. The van der Waals surface area contributed by atoms with Crippen LogP contribution in [0.5, 0.6) is 5.75 Å². The lowest BCUT2D eigenvalue weighted by Crippen LogP contribution is -2.30. The molecule has 0 fully saturated rings. The highest BCUT2D eigenvalue weighted by Gasteiger charge is 2.37. The third-order valence-electron chi connectivity index (χ3n) is 5.23. The lowest BCUT2D eigenvalue weighted by atomic mass is 9.92. The number of halogens is 3. The number of imide groups is 1. The third-order valence-corrected chi connectivity index (χ3v) is 5.86. The normalized spacial score (nSPS) is 13.0. The van der Waals surface area contributed by atoms with Gasteiger partial charge in [0.1, 0.15) is 11.6 Å². The highest BCUT2D eigenvalue weighted by atomic mass is 35.5. The summed E-state index contributed by atoms with van der Waals surface area (Å²) in [7, 11) is 1.45. The van der Waals surface area contributed by atoms with E-state index in [1.165, 1.54) is 24.1 Å². The Kier molecular flexibility index (Phi) is 5.73. The number of carbonyl (C=O) groups is 2. The summed E-state index contributed by atoms with van der Waals surface area (Å²) in [6, 6.07) is 12.5. The van der Waals surface area contributed by atoms with Crippen LogP contribution in [0.2, 0.25) is 10.0 Å². The Morgan fingerprint density at radius 1 is 0.871 bits per heavy atom. The van der Waals surface area contributed by atoms with Crippen molar-refractivity contribution in [2.24, 2.45) is 0 Å². The Bertz CT molecular complexity index is 1210. The molecule has 4 nitrogen and oxygen atoms in total. The van der Waals surface area contributed by atoms with Crippen molar-refractivity contribution in [3.05, 3.63) is 75.5 Å². The number of fused-ring (bicyclic) bond motifs is 1. The molecular formula is C24H18Cl2FNO3. The number of benzene rings is 3. The molecule has 4 rings (SSSR count). The molecule has 3 aromatic rings. The van der Waals surface area contributed by atoms with E-state index in [9.17, 15) is 14.0 Å². The Morgan fingerprint density at radius 3 is 2.13 bits per heavy atom. The van der Waals surface area contributed by atoms with Crippen LogP contribution in [0.25, 0.3) is 22.3 Å². The van der Waals surface area contributed by atoms with Crippen molar-refractivity contribution in [1.29, 1.82) is 0 Å². The van der Waals surface area contributed by atoms with Crippen LogP contribution in [0.15, 0.2) is 48.5 Å². The average Bonchev–Trinajstić information content (AvgIpc) is 2.98. The molecule has 0 saturated heterocycles. The molecule has 3 aromatic carbocycles. The zero-order valence-electron chi connectivity index (χ0n) is 16.8. The predicted octanol–water partition coefficient (Wildman–Crippen LogP) is 6.48. The molecule has 0 bridgehead atoms. The van der Waals surface area contributed by atoms with Gasteiger partial charge in [0, 0.05) is 23.2 Å². The van der Waals surface area contributed by atoms with Crippen molar-refractivity contribution in [2.45, 2.75) is 13.3 Å². The van der Waals surface area contributed by atoms with E-state index in [1.54, 1.807) is 36.4 Å². The molecule has 0 N–H and O–H groups in total. The molecule has 0 aliphatic carbocycles. The minimum atomic E-state index is -0.554. The lowest BCUT2D eigenvalue weighted by Gasteiger charge is -2.18. The van der Waals surface area contributed by atoms with E-state index in [4.69, 9.17) is 27.9 Å². The van der Waals surface area contributed by atoms with Crippen LogP contribution in [0.3, 0.4) is 0 Å². The van der Waals surface area contributed by atoms with Crippen LogP contribution in [0.4, 0.5) is 4.39 Å². The second-order valence-corrected chi connectivity index (χ2v) is 7.94. The number of ether oxygens (including phenoxy) is 1. The van der Waals surface area contributed by atoms with Gasteiger partial charge in [-0.05, 0) is 42.3 Å². The van der Waals surface area contributed by atoms with Gasteiger partial charge in [-0.3, -0.25) is 14.5 Å². The number of hydrogen-bond acceptors (Lipinski definition) is 3. The second kappa shape index (κ2) is 8.33. The summed E-state index contributed by atoms with van der Waals surface area (Å²) in [5, 5.41) is 0.669. The summed E-state index contributed by atoms with van der Waals surface area (Å²) in [6.07, 6.45) is 0.638. The van der Waals surface area contributed by atoms with Gasteiger partial charge in [0.15, 0.2) is 0 Å². The standard InChI is InChI=1S/C24H18Cl2FNO3/c1-3-10-28-23(29)15-7-4-6-14(20(15)24(28)30)16-11-13(27)12-17(22(16)31-2)21-18(25)8-5-9-19(21)26/h4-9,11-12H,3,10H2,1-2H3. The van der Waals surface area contributed by atoms with Gasteiger partial charge in [-0.25, -0.2) is 4.39 Å². The van der Waals surface area contributed by atoms with Gasteiger partial charge >= 0.3 is 0 Å². The van der Waals surface area contributed by atoms with Crippen molar-refractivity contribution < 1.29 is 18.7 Å². The van der Waals surface area contributed by atoms with E-state index >= 15 is 0 Å². The topological polar surface area (TPSA) is 46.6 Å². The maximum absolute atomic E-state index is 14.8. The smallest absolute Gasteiger partial charge is 0.262 e. The Hall–Kier alpha value is -2.89. The van der Waals surface area contributed by atoms with Crippen molar-refractivity contribution >= 4 is 35.0 Å². The molecule has 0 spiro atoms. The Labute approximate surface area is 189 Å². The predicted molar refractivity (Wildman–Crippen MR) is 120 cm³/mol. The number of methoxy groups -OCH3 is 1. The van der Waals surface area contributed by atoms with Crippen molar-refractivity contribution in [3.63, 3.8) is 0 Å². The maximum atomic E-state index is 14.8. The summed E-state index contributed by atoms with van der Waals surface area (Å²) >= 11 is 12.7. The van der Waals surface area contributed by atoms with Crippen LogP contribution in [0.1, 0.15) is 34.1 Å². The molecule has 0 aromatic heterocycles. The second-order valence-electron chi connectivity index (χ2n) is 7.12. The van der Waals surface area contributed by atoms with Crippen molar-refractivity contribution in [2.75, 3.05) is 13.7 Å². The first kappa shape index (κ1) is 21.3. The van der Waals surface area contributed by atoms with Gasteiger partial charge in [0.2, 0.25) is 0 Å². The molecule has 0 saturated carbocycles. The van der Waals surface area contributed by atoms with E-state index in [2.05, 4.69) is 0 Å². The van der Waals surface area contributed by atoms with E-state index < -0.39 is 11.7 Å². The number of nitrogens with zero attached hydrogens (tertiary/aromatic N) is 1. The lowest BCUT2D eigenvalue weighted by molar-refractivity contribution is 0.0654. The van der Waals surface area contributed by atoms with Gasteiger partial charge in [-0.1, -0.05) is 48.3 Å². The van der Waals surface area contributed by atoms with Gasteiger partial charge in [0.05, 0.1) is 28.3 Å². The summed E-state index contributed by atoms with van der Waals surface area (Å²) in [5.41, 5.74) is 2.06. The molecule has 1 heterocycles. The average molecular weight is 458 g/mol. The summed E-state index contributed by atoms with van der Waals surface area (Å²) in [4.78, 5) is 27.0.